The first-order chi connectivity index (χ1) is 6.18. The fourth-order valence-electron chi connectivity index (χ4n) is 1.08. The molecule has 1 radical (unpaired) electrons. The average molecular weight is 178 g/mol. The number of rotatable bonds is 3. The minimum atomic E-state index is -0.0433. The lowest BCUT2D eigenvalue weighted by Gasteiger charge is -2.07. The fraction of sp³-hybridized carbons (Fsp3) is 0.300. The third-order valence-corrected chi connectivity index (χ3v) is 1.69. The Morgan fingerprint density at radius 1 is 1.54 bits per heavy atom. The van der Waals surface area contributed by atoms with Crippen molar-refractivity contribution >= 4 is 11.7 Å². The summed E-state index contributed by atoms with van der Waals surface area (Å²) in [5.74, 6) is -0.0291. The molecule has 0 fully saturated rings. The largest absolute Gasteiger partial charge is 0.356 e. The maximum absolute atomic E-state index is 10.9. The predicted molar refractivity (Wildman–Crippen MR) is 49.8 cm³/mol. The molecule has 0 aromatic rings. The van der Waals surface area contributed by atoms with Crippen LogP contribution < -0.4 is 5.32 Å². The van der Waals surface area contributed by atoms with Gasteiger partial charge in [-0.15, -0.1) is 0 Å². The Kier molecular flexibility index (Phi) is 3.43. The monoisotopic (exact) mass is 178 g/mol. The van der Waals surface area contributed by atoms with E-state index in [1.807, 2.05) is 6.08 Å². The summed E-state index contributed by atoms with van der Waals surface area (Å²) in [5, 5.41) is 2.67. The van der Waals surface area contributed by atoms with Gasteiger partial charge >= 0.3 is 0 Å². The third-order valence-electron chi connectivity index (χ3n) is 1.69. The molecule has 1 N–H and O–H groups in total. The molecule has 0 bridgehead atoms. The minimum absolute atomic E-state index is 0.0142. The molecule has 0 heterocycles. The van der Waals surface area contributed by atoms with Crippen LogP contribution in [0.1, 0.15) is 13.3 Å². The standard InChI is InChI=1S/C10H12NO2/c1-8(12)11-6-5-9-3-2-4-10(13)7-9/h2-4,7H,5-6H2,1H3,(H,11,12). The summed E-state index contributed by atoms with van der Waals surface area (Å²) in [6.07, 6.45) is 7.41. The first-order valence-electron chi connectivity index (χ1n) is 4.19. The number of hydrogen-bond donors (Lipinski definition) is 1. The second-order valence-corrected chi connectivity index (χ2v) is 2.88. The van der Waals surface area contributed by atoms with Crippen molar-refractivity contribution in [2.75, 3.05) is 6.54 Å². The number of hydrogen-bond acceptors (Lipinski definition) is 2. The van der Waals surface area contributed by atoms with E-state index in [1.54, 1.807) is 12.5 Å². The van der Waals surface area contributed by atoms with E-state index in [1.165, 1.54) is 13.0 Å². The normalized spacial score (nSPS) is 15.5. The molecule has 13 heavy (non-hydrogen) atoms. The van der Waals surface area contributed by atoms with Crippen molar-refractivity contribution in [2.45, 2.75) is 13.3 Å². The maximum atomic E-state index is 10.9. The Bertz CT molecular complexity index is 277. The van der Waals surface area contributed by atoms with Crippen molar-refractivity contribution < 1.29 is 9.59 Å². The summed E-state index contributed by atoms with van der Waals surface area (Å²) in [6.45, 7) is 2.06. The van der Waals surface area contributed by atoms with Crippen LogP contribution in [0.25, 0.3) is 0 Å². The van der Waals surface area contributed by atoms with Gasteiger partial charge in [0.05, 0.1) is 6.42 Å². The van der Waals surface area contributed by atoms with Gasteiger partial charge in [-0.05, 0) is 12.5 Å². The second kappa shape index (κ2) is 4.60. The highest BCUT2D eigenvalue weighted by molar-refractivity contribution is 6.00. The molecule has 3 nitrogen and oxygen atoms in total. The fourth-order valence-corrected chi connectivity index (χ4v) is 1.08. The number of carbonyl (C=O) groups excluding carboxylic acids is 2. The number of nitrogens with one attached hydrogen (secondary N) is 1. The van der Waals surface area contributed by atoms with Gasteiger partial charge in [-0.2, -0.15) is 0 Å². The van der Waals surface area contributed by atoms with Gasteiger partial charge in [-0.1, -0.05) is 17.7 Å². The zero-order valence-electron chi connectivity index (χ0n) is 7.54. The van der Waals surface area contributed by atoms with Gasteiger partial charge in [0.15, 0.2) is 5.78 Å². The van der Waals surface area contributed by atoms with Gasteiger partial charge in [-0.3, -0.25) is 9.59 Å². The Morgan fingerprint density at radius 2 is 2.31 bits per heavy atom. The minimum Gasteiger partial charge on any atom is -0.356 e. The molecule has 1 aliphatic carbocycles. The lowest BCUT2D eigenvalue weighted by Crippen LogP contribution is -2.21. The highest BCUT2D eigenvalue weighted by atomic mass is 16.1. The van der Waals surface area contributed by atoms with Crippen LogP contribution in [-0.4, -0.2) is 18.2 Å². The van der Waals surface area contributed by atoms with Gasteiger partial charge in [0.1, 0.15) is 0 Å². The molecule has 0 aliphatic heterocycles. The quantitative estimate of drug-likeness (QED) is 0.694. The molecule has 1 aliphatic rings. The summed E-state index contributed by atoms with van der Waals surface area (Å²) < 4.78 is 0. The summed E-state index contributed by atoms with van der Waals surface area (Å²) in [7, 11) is 0. The lowest BCUT2D eigenvalue weighted by molar-refractivity contribution is -0.118. The van der Waals surface area contributed by atoms with E-state index < -0.39 is 0 Å². The molecule has 0 saturated carbocycles. The van der Waals surface area contributed by atoms with E-state index in [4.69, 9.17) is 0 Å². The van der Waals surface area contributed by atoms with Gasteiger partial charge in [0.25, 0.3) is 0 Å². The zero-order valence-corrected chi connectivity index (χ0v) is 7.54. The molecule has 0 atom stereocenters. The van der Waals surface area contributed by atoms with Crippen molar-refractivity contribution in [1.82, 2.24) is 5.32 Å². The molecule has 0 unspecified atom stereocenters. The van der Waals surface area contributed by atoms with E-state index in [2.05, 4.69) is 5.32 Å². The van der Waals surface area contributed by atoms with E-state index in [0.29, 0.717) is 13.0 Å². The predicted octanol–water partition coefficient (Wildman–Crippen LogP) is 0.782. The molecule has 3 heteroatoms. The lowest BCUT2D eigenvalue weighted by atomic mass is 10.0. The molecule has 0 aromatic carbocycles. The number of ketones is 1. The topological polar surface area (TPSA) is 46.2 Å². The maximum Gasteiger partial charge on any atom is 0.216 e. The van der Waals surface area contributed by atoms with E-state index >= 15 is 0 Å². The van der Waals surface area contributed by atoms with Crippen molar-refractivity contribution in [3.63, 3.8) is 0 Å². The number of amides is 1. The zero-order chi connectivity index (χ0) is 9.68. The van der Waals surface area contributed by atoms with Crippen LogP contribution in [0.2, 0.25) is 0 Å². The van der Waals surface area contributed by atoms with E-state index in [0.717, 1.165) is 5.57 Å². The van der Waals surface area contributed by atoms with Crippen LogP contribution in [0.4, 0.5) is 0 Å². The van der Waals surface area contributed by atoms with Crippen molar-refractivity contribution in [2.24, 2.45) is 0 Å². The molecule has 0 aromatic heterocycles. The number of allylic oxidation sites excluding steroid dienone is 3. The van der Waals surface area contributed by atoms with Crippen LogP contribution in [0, 0.1) is 6.42 Å². The van der Waals surface area contributed by atoms with Crippen molar-refractivity contribution in [3.8, 4) is 0 Å². The van der Waals surface area contributed by atoms with Crippen LogP contribution in [0.5, 0.6) is 0 Å². The molecule has 0 spiro atoms. The van der Waals surface area contributed by atoms with Crippen molar-refractivity contribution in [3.05, 3.63) is 30.2 Å². The highest BCUT2D eigenvalue weighted by Crippen LogP contribution is 2.10. The Hall–Kier alpha value is -1.38. The van der Waals surface area contributed by atoms with Crippen molar-refractivity contribution in [1.29, 1.82) is 0 Å². The second-order valence-electron chi connectivity index (χ2n) is 2.88. The van der Waals surface area contributed by atoms with Crippen LogP contribution >= 0.6 is 0 Å². The first kappa shape index (κ1) is 9.71. The summed E-state index contributed by atoms with van der Waals surface area (Å²) in [4.78, 5) is 21.4. The molecular formula is C10H12NO2. The molecule has 0 saturated heterocycles. The Balaban J connectivity index is 2.29. The van der Waals surface area contributed by atoms with E-state index in [9.17, 15) is 9.59 Å². The summed E-state index contributed by atoms with van der Waals surface area (Å²) in [5.41, 5.74) is 0.959. The van der Waals surface area contributed by atoms with Crippen LogP contribution in [-0.2, 0) is 9.59 Å². The van der Waals surface area contributed by atoms with Crippen LogP contribution in [0.3, 0.4) is 0 Å². The smallest absolute Gasteiger partial charge is 0.216 e. The van der Waals surface area contributed by atoms with Gasteiger partial charge < -0.3 is 5.32 Å². The molecular weight excluding hydrogens is 166 g/mol. The third kappa shape index (κ3) is 3.69. The van der Waals surface area contributed by atoms with Crippen LogP contribution in [0.15, 0.2) is 23.8 Å². The highest BCUT2D eigenvalue weighted by Gasteiger charge is 2.06. The van der Waals surface area contributed by atoms with E-state index in [-0.39, 0.29) is 11.7 Å². The SMILES string of the molecule is CC(=O)NCCC1=CC=CC(=O)[CH]1. The Labute approximate surface area is 77.5 Å². The molecule has 1 rings (SSSR count). The summed E-state index contributed by atoms with van der Waals surface area (Å²) in [6, 6.07) is 0. The Morgan fingerprint density at radius 3 is 2.92 bits per heavy atom. The van der Waals surface area contributed by atoms with Gasteiger partial charge in [-0.25, -0.2) is 0 Å². The van der Waals surface area contributed by atoms with Gasteiger partial charge in [0, 0.05) is 13.5 Å². The molecule has 1 amide bonds. The van der Waals surface area contributed by atoms with Gasteiger partial charge in [0.2, 0.25) is 5.91 Å². The molecule has 69 valence electrons. The average Bonchev–Trinajstić information content (AvgIpc) is 2.03. The first-order valence-corrected chi connectivity index (χ1v) is 4.19. The number of carbonyl (C=O) groups is 2. The summed E-state index contributed by atoms with van der Waals surface area (Å²) >= 11 is 0.